The van der Waals surface area contributed by atoms with Crippen molar-refractivity contribution in [3.63, 3.8) is 0 Å². The largest absolute Gasteiger partial charge is 0.507 e. The Bertz CT molecular complexity index is 2060. The molecule has 2 aliphatic heterocycles. The maximum Gasteiger partial charge on any atom is 0.412 e. The SMILES string of the molecule is CC(C)(C)OC(=O)Nc1cccc(C(=O)N2CCc3c2ccc2[nH]c(C(=O)N4C[C@@H](CCl)c5c4cc(O)c4ccccc54)cc32)c1. The number of nitrogens with one attached hydrogen (secondary N) is 2. The summed E-state index contributed by atoms with van der Waals surface area (Å²) in [6, 6.07) is 21.7. The molecule has 1 atom stereocenters. The second-order valence-corrected chi connectivity index (χ2v) is 13.1. The van der Waals surface area contributed by atoms with Crippen LogP contribution in [0.1, 0.15) is 58.7 Å². The minimum Gasteiger partial charge on any atom is -0.507 e. The topological polar surface area (TPSA) is 115 Å². The molecule has 0 spiro atoms. The van der Waals surface area contributed by atoms with E-state index in [1.54, 1.807) is 60.9 Å². The number of rotatable bonds is 4. The molecular formula is C36H33ClN4O5. The summed E-state index contributed by atoms with van der Waals surface area (Å²) in [6.45, 7) is 6.24. The third kappa shape index (κ3) is 5.10. The first-order valence-electron chi connectivity index (χ1n) is 15.2. The van der Waals surface area contributed by atoms with Gasteiger partial charge in [0.25, 0.3) is 11.8 Å². The first kappa shape index (κ1) is 29.7. The lowest BCUT2D eigenvalue weighted by Gasteiger charge is -2.20. The average Bonchev–Trinajstić information content (AvgIpc) is 3.74. The average molecular weight is 637 g/mol. The van der Waals surface area contributed by atoms with Crippen LogP contribution in [0.3, 0.4) is 0 Å². The Kier molecular flexibility index (Phi) is 7.16. The fraction of sp³-hybridized carbons (Fsp3) is 0.250. The van der Waals surface area contributed by atoms with Gasteiger partial charge in [-0.05, 0) is 80.1 Å². The zero-order valence-corrected chi connectivity index (χ0v) is 26.4. The molecule has 0 saturated carbocycles. The number of aromatic nitrogens is 1. The number of carbonyl (C=O) groups is 3. The minimum absolute atomic E-state index is 0.0721. The van der Waals surface area contributed by atoms with Crippen LogP contribution < -0.4 is 15.1 Å². The number of H-pyrrole nitrogens is 1. The van der Waals surface area contributed by atoms with E-state index in [4.69, 9.17) is 16.3 Å². The Labute approximate surface area is 270 Å². The van der Waals surface area contributed by atoms with Crippen LogP contribution in [-0.2, 0) is 11.2 Å². The van der Waals surface area contributed by atoms with Gasteiger partial charge < -0.3 is 24.6 Å². The summed E-state index contributed by atoms with van der Waals surface area (Å²) < 4.78 is 5.34. The van der Waals surface area contributed by atoms with E-state index in [2.05, 4.69) is 10.3 Å². The Hall–Kier alpha value is -5.02. The quantitative estimate of drug-likeness (QED) is 0.176. The van der Waals surface area contributed by atoms with Crippen molar-refractivity contribution in [3.05, 3.63) is 95.2 Å². The van der Waals surface area contributed by atoms with Crippen LogP contribution in [0.4, 0.5) is 21.9 Å². The van der Waals surface area contributed by atoms with Gasteiger partial charge in [-0.15, -0.1) is 11.6 Å². The lowest BCUT2D eigenvalue weighted by Crippen LogP contribution is -2.30. The zero-order chi connectivity index (χ0) is 32.3. The number of fused-ring (bicyclic) bond motifs is 6. The molecule has 2 aliphatic rings. The van der Waals surface area contributed by atoms with Gasteiger partial charge in [0.05, 0.1) is 5.69 Å². The van der Waals surface area contributed by atoms with Crippen molar-refractivity contribution in [2.75, 3.05) is 34.1 Å². The summed E-state index contributed by atoms with van der Waals surface area (Å²) >= 11 is 6.39. The number of phenolic OH excluding ortho intramolecular Hbond substituents is 1. The van der Waals surface area contributed by atoms with Crippen molar-refractivity contribution in [3.8, 4) is 5.75 Å². The molecule has 3 heterocycles. The van der Waals surface area contributed by atoms with Crippen LogP contribution in [-0.4, -0.2) is 52.6 Å². The van der Waals surface area contributed by atoms with Gasteiger partial charge in [0.1, 0.15) is 17.0 Å². The third-order valence-electron chi connectivity index (χ3n) is 8.57. The molecule has 0 saturated heterocycles. The van der Waals surface area contributed by atoms with Gasteiger partial charge in [-0.1, -0.05) is 30.3 Å². The molecule has 9 nitrogen and oxygen atoms in total. The monoisotopic (exact) mass is 636 g/mol. The number of halogens is 1. The number of aromatic amines is 1. The number of carbonyl (C=O) groups excluding carboxylic acids is 3. The molecule has 0 fully saturated rings. The van der Waals surface area contributed by atoms with Crippen molar-refractivity contribution in [2.45, 2.75) is 38.7 Å². The number of nitrogens with zero attached hydrogens (tertiary/aromatic N) is 2. The number of hydrogen-bond donors (Lipinski definition) is 3. The van der Waals surface area contributed by atoms with Crippen molar-refractivity contribution in [1.29, 1.82) is 0 Å². The highest BCUT2D eigenvalue weighted by atomic mass is 35.5. The predicted molar refractivity (Wildman–Crippen MR) is 181 cm³/mol. The molecule has 7 rings (SSSR count). The highest BCUT2D eigenvalue weighted by molar-refractivity contribution is 6.19. The second kappa shape index (κ2) is 11.1. The minimum atomic E-state index is -0.645. The van der Waals surface area contributed by atoms with E-state index < -0.39 is 11.7 Å². The lowest BCUT2D eigenvalue weighted by atomic mass is 9.95. The van der Waals surface area contributed by atoms with E-state index in [0.29, 0.717) is 48.0 Å². The van der Waals surface area contributed by atoms with Crippen LogP contribution in [0.15, 0.2) is 72.8 Å². The summed E-state index contributed by atoms with van der Waals surface area (Å²) in [6.07, 6.45) is 0.0325. The number of hydrogen-bond acceptors (Lipinski definition) is 5. The van der Waals surface area contributed by atoms with E-state index in [1.165, 1.54) is 0 Å². The van der Waals surface area contributed by atoms with Gasteiger partial charge in [0, 0.05) is 64.2 Å². The van der Waals surface area contributed by atoms with Crippen LogP contribution in [0.25, 0.3) is 21.7 Å². The molecule has 0 bridgehead atoms. The molecule has 10 heteroatoms. The zero-order valence-electron chi connectivity index (χ0n) is 25.7. The summed E-state index contributed by atoms with van der Waals surface area (Å²) in [5.41, 5.74) is 4.86. The number of amides is 3. The molecule has 46 heavy (non-hydrogen) atoms. The van der Waals surface area contributed by atoms with E-state index in [-0.39, 0.29) is 23.5 Å². The normalized spacial score (nSPS) is 15.7. The van der Waals surface area contributed by atoms with Crippen LogP contribution in [0.5, 0.6) is 5.75 Å². The fourth-order valence-corrected chi connectivity index (χ4v) is 6.89. The first-order valence-corrected chi connectivity index (χ1v) is 15.7. The van der Waals surface area contributed by atoms with Crippen molar-refractivity contribution in [1.82, 2.24) is 4.98 Å². The molecule has 0 radical (unpaired) electrons. The molecule has 3 N–H and O–H groups in total. The summed E-state index contributed by atoms with van der Waals surface area (Å²) in [4.78, 5) is 46.7. The van der Waals surface area contributed by atoms with Crippen molar-refractivity contribution >= 4 is 68.2 Å². The highest BCUT2D eigenvalue weighted by Gasteiger charge is 2.36. The molecule has 234 valence electrons. The summed E-state index contributed by atoms with van der Waals surface area (Å²) in [5, 5.41) is 16.0. The Morgan fingerprint density at radius 3 is 2.48 bits per heavy atom. The number of ether oxygens (including phenoxy) is 1. The van der Waals surface area contributed by atoms with Crippen LogP contribution >= 0.6 is 11.6 Å². The van der Waals surface area contributed by atoms with Crippen molar-refractivity contribution < 1.29 is 24.2 Å². The number of aromatic hydroxyl groups is 1. The Morgan fingerprint density at radius 1 is 0.935 bits per heavy atom. The summed E-state index contributed by atoms with van der Waals surface area (Å²) in [7, 11) is 0. The first-order chi connectivity index (χ1) is 22.0. The summed E-state index contributed by atoms with van der Waals surface area (Å²) in [5.74, 6) is -0.0143. The van der Waals surface area contributed by atoms with Gasteiger partial charge in [-0.2, -0.15) is 0 Å². The lowest BCUT2D eigenvalue weighted by molar-refractivity contribution is 0.0635. The van der Waals surface area contributed by atoms with Gasteiger partial charge in [-0.3, -0.25) is 14.9 Å². The molecule has 3 amide bonds. The van der Waals surface area contributed by atoms with Crippen molar-refractivity contribution in [2.24, 2.45) is 0 Å². The standard InChI is InChI=1S/C36H33ClN4O5/c1-36(2,3)46-35(45)38-22-8-6-7-20(15-22)33(43)40-14-13-23-26-16-28(39-27(26)11-12-29(23)40)34(44)41-19-21(18-37)32-25-10-5-4-9-24(25)31(42)17-30(32)41/h4-12,15-17,21,39,42H,13-14,18-19H2,1-3H3,(H,38,45)/t21-/m1/s1. The van der Waals surface area contributed by atoms with Crippen LogP contribution in [0.2, 0.25) is 0 Å². The highest BCUT2D eigenvalue weighted by Crippen LogP contribution is 2.46. The number of alkyl halides is 1. The van der Waals surface area contributed by atoms with E-state index in [9.17, 15) is 19.5 Å². The van der Waals surface area contributed by atoms with E-state index in [0.717, 1.165) is 38.5 Å². The van der Waals surface area contributed by atoms with Gasteiger partial charge in [0.2, 0.25) is 0 Å². The molecule has 0 aliphatic carbocycles. The number of phenols is 1. The fourth-order valence-electron chi connectivity index (χ4n) is 6.64. The number of benzene rings is 4. The maximum atomic E-state index is 14.0. The smallest absolute Gasteiger partial charge is 0.412 e. The molecular weight excluding hydrogens is 604 g/mol. The van der Waals surface area contributed by atoms with Gasteiger partial charge in [0.15, 0.2) is 0 Å². The predicted octanol–water partition coefficient (Wildman–Crippen LogP) is 7.56. The second-order valence-electron chi connectivity index (χ2n) is 12.8. The maximum absolute atomic E-state index is 14.0. The van der Waals surface area contributed by atoms with E-state index >= 15 is 0 Å². The Balaban J connectivity index is 1.16. The van der Waals surface area contributed by atoms with Crippen LogP contribution in [0, 0.1) is 0 Å². The number of anilines is 3. The van der Waals surface area contributed by atoms with Gasteiger partial charge >= 0.3 is 6.09 Å². The van der Waals surface area contributed by atoms with E-state index in [1.807, 2.05) is 42.5 Å². The molecule has 4 aromatic carbocycles. The Morgan fingerprint density at radius 2 is 1.72 bits per heavy atom. The third-order valence-corrected chi connectivity index (χ3v) is 8.95. The van der Waals surface area contributed by atoms with Gasteiger partial charge in [-0.25, -0.2) is 4.79 Å². The molecule has 0 unspecified atom stereocenters. The molecule has 1 aromatic heterocycles. The molecule has 5 aromatic rings.